The van der Waals surface area contributed by atoms with Gasteiger partial charge in [0.25, 0.3) is 5.56 Å². The maximum atomic E-state index is 13.6. The van der Waals surface area contributed by atoms with Gasteiger partial charge >= 0.3 is 11.9 Å². The molecule has 2 aromatic carbocycles. The lowest BCUT2D eigenvalue weighted by atomic mass is 9.96. The standard InChI is InChI=1S/C25H21ClN2O5S/c1-4-32-24(31)21-14(2)27-25-28(22(21)16-9-11-18(12-10-16)33-15(3)29)23(30)20(34-25)13-17-7-5-6-8-19(17)26/h5-13,22H,4H2,1-3H3/b20-13+/t22-/m0/s1. The molecule has 9 heteroatoms. The number of aromatic nitrogens is 1. The van der Waals surface area contributed by atoms with Crippen LogP contribution in [0, 0.1) is 0 Å². The molecule has 0 amide bonds. The topological polar surface area (TPSA) is 87.0 Å². The number of hydrogen-bond acceptors (Lipinski definition) is 7. The van der Waals surface area contributed by atoms with Crippen LogP contribution in [-0.2, 0) is 14.3 Å². The monoisotopic (exact) mass is 496 g/mol. The Morgan fingerprint density at radius 2 is 1.88 bits per heavy atom. The van der Waals surface area contributed by atoms with E-state index >= 15 is 0 Å². The molecule has 0 aliphatic carbocycles. The maximum absolute atomic E-state index is 13.6. The summed E-state index contributed by atoms with van der Waals surface area (Å²) in [7, 11) is 0. The minimum Gasteiger partial charge on any atom is -0.463 e. The van der Waals surface area contributed by atoms with Crippen LogP contribution >= 0.6 is 22.9 Å². The second kappa shape index (κ2) is 9.79. The van der Waals surface area contributed by atoms with E-state index in [-0.39, 0.29) is 17.7 Å². The number of rotatable bonds is 5. The third-order valence-electron chi connectivity index (χ3n) is 5.17. The van der Waals surface area contributed by atoms with Gasteiger partial charge in [-0.3, -0.25) is 14.2 Å². The summed E-state index contributed by atoms with van der Waals surface area (Å²) in [6, 6.07) is 13.1. The lowest BCUT2D eigenvalue weighted by Crippen LogP contribution is -2.39. The number of hydrogen-bond donors (Lipinski definition) is 0. The van der Waals surface area contributed by atoms with Gasteiger partial charge < -0.3 is 9.47 Å². The summed E-state index contributed by atoms with van der Waals surface area (Å²) in [5, 5.41) is 0.523. The van der Waals surface area contributed by atoms with Crippen molar-refractivity contribution >= 4 is 41.0 Å². The van der Waals surface area contributed by atoms with Gasteiger partial charge in [0.05, 0.1) is 28.5 Å². The lowest BCUT2D eigenvalue weighted by molar-refractivity contribution is -0.139. The van der Waals surface area contributed by atoms with E-state index in [0.717, 1.165) is 0 Å². The van der Waals surface area contributed by atoms with E-state index in [2.05, 4.69) is 4.99 Å². The quantitative estimate of drug-likeness (QED) is 0.399. The van der Waals surface area contributed by atoms with Gasteiger partial charge in [0.15, 0.2) is 4.80 Å². The van der Waals surface area contributed by atoms with Gasteiger partial charge in [-0.05, 0) is 49.2 Å². The Labute approximate surface area is 204 Å². The summed E-state index contributed by atoms with van der Waals surface area (Å²) in [6.45, 7) is 4.94. The van der Waals surface area contributed by atoms with Crippen LogP contribution in [0.1, 0.15) is 37.9 Å². The fourth-order valence-electron chi connectivity index (χ4n) is 3.72. The zero-order valence-electron chi connectivity index (χ0n) is 18.7. The number of benzene rings is 2. The predicted molar refractivity (Wildman–Crippen MR) is 130 cm³/mol. The number of carbonyl (C=O) groups is 2. The molecule has 174 valence electrons. The van der Waals surface area contributed by atoms with E-state index in [1.165, 1.54) is 22.8 Å². The van der Waals surface area contributed by atoms with Gasteiger partial charge in [0.2, 0.25) is 0 Å². The highest BCUT2D eigenvalue weighted by Gasteiger charge is 2.33. The largest absolute Gasteiger partial charge is 0.463 e. The van der Waals surface area contributed by atoms with Crippen molar-refractivity contribution in [1.82, 2.24) is 4.57 Å². The third kappa shape index (κ3) is 4.60. The normalized spacial score (nSPS) is 15.5. The summed E-state index contributed by atoms with van der Waals surface area (Å²) < 4.78 is 12.3. The van der Waals surface area contributed by atoms with Crippen molar-refractivity contribution in [3.8, 4) is 5.75 Å². The van der Waals surface area contributed by atoms with Crippen molar-refractivity contribution in [3.05, 3.63) is 95.6 Å². The fourth-order valence-corrected chi connectivity index (χ4v) is 4.95. The van der Waals surface area contributed by atoms with Crippen molar-refractivity contribution in [2.24, 2.45) is 4.99 Å². The SMILES string of the molecule is CCOC(=O)C1=C(C)N=c2s/c(=C/c3ccccc3Cl)c(=O)n2[C@H]1c1ccc(OC(C)=O)cc1. The average Bonchev–Trinajstić information content (AvgIpc) is 3.09. The summed E-state index contributed by atoms with van der Waals surface area (Å²) in [4.78, 5) is 42.8. The van der Waals surface area contributed by atoms with Gasteiger partial charge in [0.1, 0.15) is 5.75 Å². The van der Waals surface area contributed by atoms with Crippen LogP contribution in [0.25, 0.3) is 6.08 Å². The molecule has 0 fully saturated rings. The van der Waals surface area contributed by atoms with Gasteiger partial charge in [0, 0.05) is 11.9 Å². The molecule has 34 heavy (non-hydrogen) atoms. The number of nitrogens with zero attached hydrogens (tertiary/aromatic N) is 2. The number of carbonyl (C=O) groups excluding carboxylic acids is 2. The van der Waals surface area contributed by atoms with Crippen LogP contribution in [0.15, 0.2) is 69.6 Å². The highest BCUT2D eigenvalue weighted by Crippen LogP contribution is 2.31. The van der Waals surface area contributed by atoms with E-state index in [0.29, 0.717) is 36.9 Å². The summed E-state index contributed by atoms with van der Waals surface area (Å²) in [5.41, 5.74) is 1.81. The van der Waals surface area contributed by atoms with E-state index in [4.69, 9.17) is 21.1 Å². The van der Waals surface area contributed by atoms with Crippen LogP contribution in [0.4, 0.5) is 0 Å². The van der Waals surface area contributed by atoms with E-state index in [1.807, 2.05) is 18.2 Å². The molecule has 3 aromatic rings. The zero-order chi connectivity index (χ0) is 24.4. The number of fused-ring (bicyclic) bond motifs is 1. The molecule has 7 nitrogen and oxygen atoms in total. The lowest BCUT2D eigenvalue weighted by Gasteiger charge is -2.24. The van der Waals surface area contributed by atoms with Crippen LogP contribution in [0.5, 0.6) is 5.75 Å². The second-order valence-electron chi connectivity index (χ2n) is 7.49. The molecule has 0 saturated carbocycles. The van der Waals surface area contributed by atoms with Crippen LogP contribution in [-0.4, -0.2) is 23.1 Å². The molecule has 0 N–H and O–H groups in total. The number of thiazole rings is 1. The zero-order valence-corrected chi connectivity index (χ0v) is 20.3. The van der Waals surface area contributed by atoms with Crippen molar-refractivity contribution in [2.75, 3.05) is 6.61 Å². The first kappa shape index (κ1) is 23.7. The molecule has 2 heterocycles. The third-order valence-corrected chi connectivity index (χ3v) is 6.49. The molecular weight excluding hydrogens is 476 g/mol. The summed E-state index contributed by atoms with van der Waals surface area (Å²) in [5.74, 6) is -0.623. The van der Waals surface area contributed by atoms with Gasteiger partial charge in [-0.15, -0.1) is 0 Å². The molecule has 0 bridgehead atoms. The predicted octanol–water partition coefficient (Wildman–Crippen LogP) is 3.38. The molecule has 1 aliphatic rings. The van der Waals surface area contributed by atoms with Crippen LogP contribution in [0.3, 0.4) is 0 Å². The Kier molecular flexibility index (Phi) is 6.81. The minimum atomic E-state index is -0.755. The number of halogens is 1. The Hall–Kier alpha value is -3.49. The molecule has 1 aliphatic heterocycles. The number of esters is 2. The van der Waals surface area contributed by atoms with Gasteiger partial charge in [-0.1, -0.05) is 53.3 Å². The van der Waals surface area contributed by atoms with Crippen molar-refractivity contribution in [2.45, 2.75) is 26.8 Å². The van der Waals surface area contributed by atoms with Crippen LogP contribution < -0.4 is 19.6 Å². The molecule has 1 atom stereocenters. The summed E-state index contributed by atoms with van der Waals surface area (Å²) in [6.07, 6.45) is 1.72. The van der Waals surface area contributed by atoms with Crippen molar-refractivity contribution in [3.63, 3.8) is 0 Å². The van der Waals surface area contributed by atoms with E-state index < -0.39 is 18.0 Å². The Morgan fingerprint density at radius 3 is 2.53 bits per heavy atom. The number of ether oxygens (including phenoxy) is 2. The molecule has 0 radical (unpaired) electrons. The minimum absolute atomic E-state index is 0.185. The first-order valence-electron chi connectivity index (χ1n) is 10.5. The number of allylic oxidation sites excluding steroid dienone is 1. The molecule has 0 saturated heterocycles. The van der Waals surface area contributed by atoms with Gasteiger partial charge in [-0.25, -0.2) is 9.79 Å². The second-order valence-corrected chi connectivity index (χ2v) is 8.90. The Balaban J connectivity index is 1.92. The Morgan fingerprint density at radius 1 is 1.18 bits per heavy atom. The van der Waals surface area contributed by atoms with Crippen molar-refractivity contribution < 1.29 is 19.1 Å². The fraction of sp³-hybridized carbons (Fsp3) is 0.200. The molecule has 4 rings (SSSR count). The highest BCUT2D eigenvalue weighted by molar-refractivity contribution is 7.07. The van der Waals surface area contributed by atoms with Crippen LogP contribution in [0.2, 0.25) is 5.02 Å². The highest BCUT2D eigenvalue weighted by atomic mass is 35.5. The average molecular weight is 497 g/mol. The molecular formula is C25H21ClN2O5S. The maximum Gasteiger partial charge on any atom is 0.338 e. The molecule has 0 unspecified atom stereocenters. The van der Waals surface area contributed by atoms with E-state index in [9.17, 15) is 14.4 Å². The summed E-state index contributed by atoms with van der Waals surface area (Å²) >= 11 is 7.51. The molecule has 0 spiro atoms. The Bertz CT molecular complexity index is 1480. The first-order valence-corrected chi connectivity index (χ1v) is 11.7. The van der Waals surface area contributed by atoms with Gasteiger partial charge in [-0.2, -0.15) is 0 Å². The molecule has 1 aromatic heterocycles. The van der Waals surface area contributed by atoms with Crippen molar-refractivity contribution in [1.29, 1.82) is 0 Å². The van der Waals surface area contributed by atoms with E-state index in [1.54, 1.807) is 50.3 Å². The smallest absolute Gasteiger partial charge is 0.338 e. The first-order chi connectivity index (χ1) is 16.3.